The second kappa shape index (κ2) is 7.80. The minimum absolute atomic E-state index is 0.242. The molecule has 1 N–H and O–H groups in total. The highest BCUT2D eigenvalue weighted by molar-refractivity contribution is 5.46. The summed E-state index contributed by atoms with van der Waals surface area (Å²) in [6.07, 6.45) is 1.28. The van der Waals surface area contributed by atoms with E-state index in [0.717, 1.165) is 37.7 Å². The quantitative estimate of drug-likeness (QED) is 0.837. The Morgan fingerprint density at radius 3 is 2.73 bits per heavy atom. The molecule has 0 bridgehead atoms. The highest BCUT2D eigenvalue weighted by Gasteiger charge is 2.20. The van der Waals surface area contributed by atoms with Gasteiger partial charge in [0, 0.05) is 45.0 Å². The highest BCUT2D eigenvalue weighted by Crippen LogP contribution is 2.35. The van der Waals surface area contributed by atoms with E-state index in [-0.39, 0.29) is 13.4 Å². The van der Waals surface area contributed by atoms with Gasteiger partial charge in [0.2, 0.25) is 6.79 Å². The molecule has 1 saturated heterocycles. The van der Waals surface area contributed by atoms with Crippen LogP contribution in [0.15, 0.2) is 42.6 Å². The highest BCUT2D eigenvalue weighted by atomic mass is 16.7. The van der Waals surface area contributed by atoms with Crippen LogP contribution in [0, 0.1) is 0 Å². The van der Waals surface area contributed by atoms with Crippen molar-refractivity contribution in [2.24, 2.45) is 0 Å². The van der Waals surface area contributed by atoms with Crippen molar-refractivity contribution in [1.82, 2.24) is 9.88 Å². The van der Waals surface area contributed by atoms with E-state index < -0.39 is 6.10 Å². The summed E-state index contributed by atoms with van der Waals surface area (Å²) in [5.41, 5.74) is 0. The fourth-order valence-electron chi connectivity index (χ4n) is 3.21. The second-order valence-corrected chi connectivity index (χ2v) is 6.46. The number of hydrogen-bond donors (Lipinski definition) is 1. The molecule has 1 fully saturated rings. The number of aromatic nitrogens is 1. The number of fused-ring (bicyclic) bond motifs is 1. The van der Waals surface area contributed by atoms with Crippen LogP contribution in [0.1, 0.15) is 0 Å². The number of ether oxygens (including phenoxy) is 3. The van der Waals surface area contributed by atoms with Crippen LogP contribution in [0.5, 0.6) is 17.2 Å². The van der Waals surface area contributed by atoms with E-state index in [1.807, 2.05) is 36.5 Å². The number of anilines is 1. The van der Waals surface area contributed by atoms with Crippen molar-refractivity contribution in [3.8, 4) is 17.2 Å². The van der Waals surface area contributed by atoms with Crippen molar-refractivity contribution in [2.75, 3.05) is 51.0 Å². The SMILES string of the molecule is O[C@H](COc1ccc2c(c1)OCO2)CN1CCN(c2ccccn2)CC1. The van der Waals surface area contributed by atoms with E-state index in [9.17, 15) is 5.11 Å². The molecule has 26 heavy (non-hydrogen) atoms. The van der Waals surface area contributed by atoms with E-state index in [1.54, 1.807) is 6.07 Å². The lowest BCUT2D eigenvalue weighted by atomic mass is 10.2. The lowest BCUT2D eigenvalue weighted by molar-refractivity contribution is 0.0662. The predicted octanol–water partition coefficient (Wildman–Crippen LogP) is 1.37. The minimum Gasteiger partial charge on any atom is -0.491 e. The smallest absolute Gasteiger partial charge is 0.231 e. The van der Waals surface area contributed by atoms with Gasteiger partial charge in [-0.25, -0.2) is 4.98 Å². The van der Waals surface area contributed by atoms with Gasteiger partial charge >= 0.3 is 0 Å². The van der Waals surface area contributed by atoms with Crippen molar-refractivity contribution in [2.45, 2.75) is 6.10 Å². The minimum atomic E-state index is -0.540. The van der Waals surface area contributed by atoms with Gasteiger partial charge in [-0.1, -0.05) is 6.07 Å². The first kappa shape index (κ1) is 16.9. The number of hydrogen-bond acceptors (Lipinski definition) is 7. The van der Waals surface area contributed by atoms with E-state index >= 15 is 0 Å². The molecule has 1 atom stereocenters. The van der Waals surface area contributed by atoms with E-state index in [4.69, 9.17) is 14.2 Å². The number of pyridine rings is 1. The molecule has 0 aliphatic carbocycles. The van der Waals surface area contributed by atoms with Crippen LogP contribution >= 0.6 is 0 Å². The van der Waals surface area contributed by atoms with Crippen molar-refractivity contribution >= 4 is 5.82 Å². The summed E-state index contributed by atoms with van der Waals surface area (Å²) < 4.78 is 16.3. The van der Waals surface area contributed by atoms with Crippen LogP contribution in [0.4, 0.5) is 5.82 Å². The van der Waals surface area contributed by atoms with Gasteiger partial charge in [0.05, 0.1) is 0 Å². The van der Waals surface area contributed by atoms with Crippen LogP contribution < -0.4 is 19.1 Å². The fourth-order valence-corrected chi connectivity index (χ4v) is 3.21. The summed E-state index contributed by atoms with van der Waals surface area (Å²) in [5.74, 6) is 3.10. The molecule has 0 radical (unpaired) electrons. The van der Waals surface area contributed by atoms with Crippen LogP contribution in [-0.2, 0) is 0 Å². The zero-order valence-corrected chi connectivity index (χ0v) is 14.6. The molecule has 4 rings (SSSR count). The first-order valence-corrected chi connectivity index (χ1v) is 8.87. The molecule has 3 heterocycles. The van der Waals surface area contributed by atoms with Gasteiger partial charge in [-0.3, -0.25) is 4.90 Å². The normalized spacial score (nSPS) is 18.0. The van der Waals surface area contributed by atoms with Gasteiger partial charge < -0.3 is 24.2 Å². The third kappa shape index (κ3) is 4.00. The number of benzene rings is 1. The maximum absolute atomic E-state index is 10.3. The summed E-state index contributed by atoms with van der Waals surface area (Å²) in [4.78, 5) is 8.92. The average Bonchev–Trinajstić information content (AvgIpc) is 3.15. The maximum Gasteiger partial charge on any atom is 0.231 e. The van der Waals surface area contributed by atoms with Gasteiger partial charge in [0.25, 0.3) is 0 Å². The molecule has 0 saturated carbocycles. The molecule has 1 aromatic carbocycles. The molecule has 2 aromatic rings. The number of piperazine rings is 1. The fraction of sp³-hybridized carbons (Fsp3) is 0.421. The molecule has 0 amide bonds. The topological polar surface area (TPSA) is 67.3 Å². The van der Waals surface area contributed by atoms with Crippen LogP contribution in [0.3, 0.4) is 0 Å². The first-order valence-electron chi connectivity index (χ1n) is 8.87. The zero-order valence-electron chi connectivity index (χ0n) is 14.6. The largest absolute Gasteiger partial charge is 0.491 e. The van der Waals surface area contributed by atoms with Gasteiger partial charge in [-0.15, -0.1) is 0 Å². The van der Waals surface area contributed by atoms with Crippen molar-refractivity contribution in [3.63, 3.8) is 0 Å². The first-order chi connectivity index (χ1) is 12.8. The molecule has 0 unspecified atom stereocenters. The molecule has 7 heteroatoms. The number of aliphatic hydroxyl groups excluding tert-OH is 1. The third-order valence-corrected chi connectivity index (χ3v) is 4.60. The van der Waals surface area contributed by atoms with Crippen LogP contribution in [-0.4, -0.2) is 67.2 Å². The lowest BCUT2D eigenvalue weighted by Crippen LogP contribution is -2.49. The zero-order chi connectivity index (χ0) is 17.8. The number of rotatable bonds is 6. The summed E-state index contributed by atoms with van der Waals surface area (Å²) in [5, 5.41) is 10.3. The molecule has 7 nitrogen and oxygen atoms in total. The Balaban J connectivity index is 1.21. The Bertz CT molecular complexity index is 720. The molecule has 2 aliphatic heterocycles. The van der Waals surface area contributed by atoms with E-state index in [1.165, 1.54) is 0 Å². The van der Waals surface area contributed by atoms with E-state index in [0.29, 0.717) is 18.0 Å². The second-order valence-electron chi connectivity index (χ2n) is 6.46. The Morgan fingerprint density at radius 2 is 1.92 bits per heavy atom. The van der Waals surface area contributed by atoms with Gasteiger partial charge in [0.1, 0.15) is 24.3 Å². The maximum atomic E-state index is 10.3. The summed E-state index contributed by atoms with van der Waals surface area (Å²) in [6, 6.07) is 11.4. The molecular weight excluding hydrogens is 334 g/mol. The molecule has 2 aliphatic rings. The van der Waals surface area contributed by atoms with Crippen molar-refractivity contribution < 1.29 is 19.3 Å². The number of nitrogens with zero attached hydrogens (tertiary/aromatic N) is 3. The van der Waals surface area contributed by atoms with Gasteiger partial charge in [-0.2, -0.15) is 0 Å². The molecular formula is C19H23N3O4. The average molecular weight is 357 g/mol. The van der Waals surface area contributed by atoms with Gasteiger partial charge in [0.15, 0.2) is 11.5 Å². The Labute approximate surface area is 152 Å². The molecule has 1 aromatic heterocycles. The predicted molar refractivity (Wildman–Crippen MR) is 97.0 cm³/mol. The molecule has 0 spiro atoms. The monoisotopic (exact) mass is 357 g/mol. The van der Waals surface area contributed by atoms with Gasteiger partial charge in [-0.05, 0) is 24.3 Å². The van der Waals surface area contributed by atoms with E-state index in [2.05, 4.69) is 14.8 Å². The lowest BCUT2D eigenvalue weighted by Gasteiger charge is -2.36. The summed E-state index contributed by atoms with van der Waals surface area (Å²) in [7, 11) is 0. The summed E-state index contributed by atoms with van der Waals surface area (Å²) in [6.45, 7) is 4.71. The van der Waals surface area contributed by atoms with Crippen LogP contribution in [0.2, 0.25) is 0 Å². The third-order valence-electron chi connectivity index (χ3n) is 4.60. The Hall–Kier alpha value is -2.51. The Morgan fingerprint density at radius 1 is 1.08 bits per heavy atom. The van der Waals surface area contributed by atoms with Crippen LogP contribution in [0.25, 0.3) is 0 Å². The Kier molecular flexibility index (Phi) is 5.08. The number of aliphatic hydroxyl groups is 1. The summed E-state index contributed by atoms with van der Waals surface area (Å²) >= 11 is 0. The van der Waals surface area contributed by atoms with Crippen molar-refractivity contribution in [1.29, 1.82) is 0 Å². The standard InChI is InChI=1S/C19H23N3O4/c23-15(13-24-16-4-5-17-18(11-16)26-14-25-17)12-21-7-9-22(10-8-21)19-3-1-2-6-20-19/h1-6,11,15,23H,7-10,12-14H2/t15-/m0/s1. The molecule has 138 valence electrons. The van der Waals surface area contributed by atoms with Crippen molar-refractivity contribution in [3.05, 3.63) is 42.6 Å². The number of β-amino-alcohol motifs (C(OH)–C–C–N with tert-alkyl or cyclic N) is 1.